The maximum Gasteiger partial charge on any atom is 0.340 e. The lowest BCUT2D eigenvalue weighted by molar-refractivity contribution is -0.137. The van der Waals surface area contributed by atoms with E-state index in [-0.39, 0.29) is 6.61 Å². The van der Waals surface area contributed by atoms with Crippen molar-refractivity contribution in [1.29, 1.82) is 0 Å². The summed E-state index contributed by atoms with van der Waals surface area (Å²) in [6.07, 6.45) is 1.75. The molecule has 2 heterocycles. The molecule has 0 saturated carbocycles. The van der Waals surface area contributed by atoms with Crippen molar-refractivity contribution in [3.63, 3.8) is 0 Å². The number of methoxy groups -OCH3 is 2. The van der Waals surface area contributed by atoms with Crippen LogP contribution in [0.5, 0.6) is 11.5 Å². The van der Waals surface area contributed by atoms with Crippen molar-refractivity contribution in [2.75, 3.05) is 26.6 Å². The van der Waals surface area contributed by atoms with Crippen LogP contribution < -0.4 is 9.47 Å². The van der Waals surface area contributed by atoms with Gasteiger partial charge in [-0.3, -0.25) is 0 Å². The van der Waals surface area contributed by atoms with Crippen molar-refractivity contribution in [2.45, 2.75) is 12.1 Å². The molecule has 32 heavy (non-hydrogen) atoms. The number of aromatic nitrogens is 3. The first-order chi connectivity index (χ1) is 15.6. The number of fused-ring (bicyclic) bond motifs is 1. The zero-order chi connectivity index (χ0) is 22.5. The van der Waals surface area contributed by atoms with Crippen LogP contribution in [0.2, 0.25) is 0 Å². The number of carbonyl (C=O) groups excluding carboxylic acids is 1. The third-order valence-electron chi connectivity index (χ3n) is 4.76. The number of esters is 1. The molecule has 4 rings (SSSR count). The second kappa shape index (κ2) is 9.69. The molecule has 0 N–H and O–H groups in total. The van der Waals surface area contributed by atoms with E-state index in [1.807, 2.05) is 48.5 Å². The quantitative estimate of drug-likeness (QED) is 0.398. The Morgan fingerprint density at radius 2 is 1.88 bits per heavy atom. The lowest BCUT2D eigenvalue weighted by atomic mass is 10.1. The Hall–Kier alpha value is -3.59. The van der Waals surface area contributed by atoms with E-state index in [2.05, 4.69) is 10.2 Å². The van der Waals surface area contributed by atoms with Crippen molar-refractivity contribution in [3.05, 3.63) is 59.7 Å². The first kappa shape index (κ1) is 21.6. The van der Waals surface area contributed by atoms with E-state index in [1.54, 1.807) is 31.9 Å². The molecule has 0 radical (unpaired) electrons. The van der Waals surface area contributed by atoms with Gasteiger partial charge in [0.25, 0.3) is 0 Å². The number of rotatable bonds is 7. The molecule has 2 aromatic carbocycles. The highest BCUT2D eigenvalue weighted by molar-refractivity contribution is 7.99. The lowest BCUT2D eigenvalue weighted by Crippen LogP contribution is -2.21. The van der Waals surface area contributed by atoms with Crippen molar-refractivity contribution in [3.8, 4) is 22.9 Å². The van der Waals surface area contributed by atoms with E-state index in [0.29, 0.717) is 33.8 Å². The fourth-order valence-corrected chi connectivity index (χ4v) is 4.02. The molecule has 3 aromatic rings. The van der Waals surface area contributed by atoms with Gasteiger partial charge in [-0.25, -0.2) is 4.79 Å². The van der Waals surface area contributed by atoms with Gasteiger partial charge in [0.1, 0.15) is 11.5 Å². The molecule has 164 valence electrons. The highest BCUT2D eigenvalue weighted by Gasteiger charge is 2.26. The predicted molar refractivity (Wildman–Crippen MR) is 123 cm³/mol. The maximum absolute atomic E-state index is 12.8. The van der Waals surface area contributed by atoms with Crippen molar-refractivity contribution in [2.24, 2.45) is 5.10 Å². The normalized spacial score (nSPS) is 13.2. The Kier molecular flexibility index (Phi) is 6.55. The summed E-state index contributed by atoms with van der Waals surface area (Å²) in [5.74, 6) is 1.99. The number of hydrogen-bond donors (Lipinski definition) is 0. The van der Waals surface area contributed by atoms with Gasteiger partial charge >= 0.3 is 5.97 Å². The summed E-state index contributed by atoms with van der Waals surface area (Å²) in [6, 6.07) is 15.0. The molecule has 1 aromatic heterocycles. The molecule has 9 heteroatoms. The fraction of sp³-hybridized carbons (Fsp3) is 0.217. The van der Waals surface area contributed by atoms with Crippen LogP contribution >= 0.6 is 11.8 Å². The summed E-state index contributed by atoms with van der Waals surface area (Å²) in [4.78, 5) is 12.8. The molecule has 0 saturated heterocycles. The van der Waals surface area contributed by atoms with Crippen LogP contribution in [0.25, 0.3) is 17.5 Å². The first-order valence-corrected chi connectivity index (χ1v) is 11.0. The summed E-state index contributed by atoms with van der Waals surface area (Å²) < 4.78 is 17.6. The van der Waals surface area contributed by atoms with Crippen LogP contribution in [0, 0.1) is 0 Å². The van der Waals surface area contributed by atoms with Crippen molar-refractivity contribution < 1.29 is 19.0 Å². The topological polar surface area (TPSA) is 87.8 Å². The standard InChI is InChI=1S/C23H22N4O4S/c1-4-31-22(28)18(13-16-7-5-6-8-20(16)30-3)19-14-32-23-25-24-21(27(23)26-19)15-9-11-17(29-2)12-10-15/h5-13H,4,14H2,1-3H3/b18-13-. The molecule has 1 aliphatic heterocycles. The summed E-state index contributed by atoms with van der Waals surface area (Å²) in [7, 11) is 3.21. The van der Waals surface area contributed by atoms with E-state index >= 15 is 0 Å². The molecule has 0 fully saturated rings. The van der Waals surface area contributed by atoms with E-state index in [9.17, 15) is 4.79 Å². The number of nitrogens with zero attached hydrogens (tertiary/aromatic N) is 4. The summed E-state index contributed by atoms with van der Waals surface area (Å²) in [5.41, 5.74) is 2.53. The molecule has 0 bridgehead atoms. The number of hydrogen-bond acceptors (Lipinski definition) is 8. The fourth-order valence-electron chi connectivity index (χ4n) is 3.19. The first-order valence-electron chi connectivity index (χ1n) is 9.97. The second-order valence-corrected chi connectivity index (χ2v) is 7.64. The molecule has 0 atom stereocenters. The van der Waals surface area contributed by atoms with Gasteiger partial charge in [0.15, 0.2) is 5.82 Å². The Morgan fingerprint density at radius 3 is 2.59 bits per heavy atom. The van der Waals surface area contributed by atoms with Gasteiger partial charge in [-0.1, -0.05) is 30.0 Å². The lowest BCUT2D eigenvalue weighted by Gasteiger charge is -2.16. The minimum absolute atomic E-state index is 0.261. The van der Waals surface area contributed by atoms with Crippen LogP contribution in [-0.4, -0.2) is 53.1 Å². The smallest absolute Gasteiger partial charge is 0.340 e. The Morgan fingerprint density at radius 1 is 1.09 bits per heavy atom. The van der Waals surface area contributed by atoms with Crippen LogP contribution in [0.3, 0.4) is 0 Å². The van der Waals surface area contributed by atoms with Crippen LogP contribution in [0.15, 0.2) is 64.4 Å². The van der Waals surface area contributed by atoms with E-state index in [1.165, 1.54) is 11.8 Å². The molecule has 0 spiro atoms. The zero-order valence-corrected chi connectivity index (χ0v) is 18.8. The highest BCUT2D eigenvalue weighted by atomic mass is 32.2. The van der Waals surface area contributed by atoms with Gasteiger partial charge in [-0.05, 0) is 43.3 Å². The second-order valence-electron chi connectivity index (χ2n) is 6.70. The van der Waals surface area contributed by atoms with Gasteiger partial charge in [-0.15, -0.1) is 10.2 Å². The molecular formula is C23H22N4O4S. The average molecular weight is 451 g/mol. The third kappa shape index (κ3) is 4.38. The van der Waals surface area contributed by atoms with Gasteiger partial charge in [-0.2, -0.15) is 9.78 Å². The molecule has 0 amide bonds. The van der Waals surface area contributed by atoms with Crippen molar-refractivity contribution in [1.82, 2.24) is 14.9 Å². The molecule has 1 aliphatic rings. The van der Waals surface area contributed by atoms with Gasteiger partial charge in [0, 0.05) is 16.9 Å². The SMILES string of the molecule is CCOC(=O)/C(=C\c1ccccc1OC)C1=Nn2c(nnc2-c2ccc(OC)cc2)SC1. The third-order valence-corrected chi connectivity index (χ3v) is 5.69. The molecule has 0 aliphatic carbocycles. The van der Waals surface area contributed by atoms with Crippen molar-refractivity contribution >= 4 is 29.5 Å². The summed E-state index contributed by atoms with van der Waals surface area (Å²) in [6.45, 7) is 2.03. The number of thioether (sulfide) groups is 1. The number of para-hydroxylation sites is 1. The summed E-state index contributed by atoms with van der Waals surface area (Å²) in [5, 5.41) is 13.9. The van der Waals surface area contributed by atoms with Gasteiger partial charge in [0.05, 0.1) is 32.1 Å². The average Bonchev–Trinajstić information content (AvgIpc) is 3.26. The largest absolute Gasteiger partial charge is 0.497 e. The minimum Gasteiger partial charge on any atom is -0.497 e. The van der Waals surface area contributed by atoms with Crippen LogP contribution in [0.4, 0.5) is 0 Å². The molecule has 0 unspecified atom stereocenters. The monoisotopic (exact) mass is 450 g/mol. The Balaban J connectivity index is 1.78. The zero-order valence-electron chi connectivity index (χ0n) is 17.9. The minimum atomic E-state index is -0.444. The molecule has 8 nitrogen and oxygen atoms in total. The van der Waals surface area contributed by atoms with Crippen LogP contribution in [-0.2, 0) is 9.53 Å². The predicted octanol–water partition coefficient (Wildman–Crippen LogP) is 3.92. The van der Waals surface area contributed by atoms with Gasteiger partial charge < -0.3 is 14.2 Å². The number of ether oxygens (including phenoxy) is 3. The number of carbonyl (C=O) groups is 1. The Labute approximate surface area is 189 Å². The Bertz CT molecular complexity index is 1180. The van der Waals surface area contributed by atoms with E-state index < -0.39 is 5.97 Å². The number of benzene rings is 2. The van der Waals surface area contributed by atoms with Gasteiger partial charge in [0.2, 0.25) is 5.16 Å². The maximum atomic E-state index is 12.8. The highest BCUT2D eigenvalue weighted by Crippen LogP contribution is 2.30. The molecular weight excluding hydrogens is 428 g/mol. The van der Waals surface area contributed by atoms with Crippen LogP contribution in [0.1, 0.15) is 12.5 Å². The van der Waals surface area contributed by atoms with E-state index in [4.69, 9.17) is 19.3 Å². The van der Waals surface area contributed by atoms with E-state index in [0.717, 1.165) is 16.9 Å². The summed E-state index contributed by atoms with van der Waals surface area (Å²) >= 11 is 1.46.